The van der Waals surface area contributed by atoms with E-state index in [0.29, 0.717) is 11.8 Å². The molecule has 118 valence electrons. The summed E-state index contributed by atoms with van der Waals surface area (Å²) in [4.78, 5) is 11.2. The van der Waals surface area contributed by atoms with Crippen LogP contribution in [0.1, 0.15) is 49.8 Å². The Balaban J connectivity index is 1.93. The summed E-state index contributed by atoms with van der Waals surface area (Å²) in [7, 11) is 1.73. The number of hydrogen-bond acceptors (Lipinski definition) is 7. The van der Waals surface area contributed by atoms with Gasteiger partial charge in [0.15, 0.2) is 0 Å². The molecular formula is C15H21N5O2. The SMILES string of the molecule is CO[C@H]1C[C@H](c2nnc(C)o2)N(c2ccnc(C(C)C)n2)C1. The van der Waals surface area contributed by atoms with Crippen LogP contribution in [0, 0.1) is 6.92 Å². The molecule has 2 atom stereocenters. The summed E-state index contributed by atoms with van der Waals surface area (Å²) >= 11 is 0. The van der Waals surface area contributed by atoms with Gasteiger partial charge in [-0.2, -0.15) is 0 Å². The summed E-state index contributed by atoms with van der Waals surface area (Å²) in [5.74, 6) is 3.17. The Bertz CT molecular complexity index is 642. The van der Waals surface area contributed by atoms with Crippen molar-refractivity contribution in [1.29, 1.82) is 0 Å². The van der Waals surface area contributed by atoms with Crippen molar-refractivity contribution >= 4 is 5.82 Å². The van der Waals surface area contributed by atoms with E-state index >= 15 is 0 Å². The van der Waals surface area contributed by atoms with Crippen molar-refractivity contribution in [3.05, 3.63) is 29.9 Å². The van der Waals surface area contributed by atoms with Crippen LogP contribution in [-0.4, -0.2) is 39.9 Å². The van der Waals surface area contributed by atoms with Crippen molar-refractivity contribution in [2.75, 3.05) is 18.6 Å². The molecule has 0 amide bonds. The number of nitrogens with zero attached hydrogens (tertiary/aromatic N) is 5. The Labute approximate surface area is 129 Å². The van der Waals surface area contributed by atoms with E-state index in [0.717, 1.165) is 24.6 Å². The van der Waals surface area contributed by atoms with Crippen molar-refractivity contribution in [1.82, 2.24) is 20.2 Å². The van der Waals surface area contributed by atoms with Crippen LogP contribution in [0.3, 0.4) is 0 Å². The van der Waals surface area contributed by atoms with Crippen LogP contribution in [0.2, 0.25) is 0 Å². The minimum absolute atomic E-state index is 0.0129. The Morgan fingerprint density at radius 1 is 1.36 bits per heavy atom. The van der Waals surface area contributed by atoms with E-state index in [9.17, 15) is 0 Å². The monoisotopic (exact) mass is 303 g/mol. The predicted octanol–water partition coefficient (Wildman–Crippen LogP) is 2.26. The fraction of sp³-hybridized carbons (Fsp3) is 0.600. The Kier molecular flexibility index (Phi) is 4.06. The second-order valence-corrected chi connectivity index (χ2v) is 5.85. The molecule has 1 aliphatic rings. The number of aromatic nitrogens is 4. The zero-order chi connectivity index (χ0) is 15.7. The zero-order valence-corrected chi connectivity index (χ0v) is 13.4. The number of hydrogen-bond donors (Lipinski definition) is 0. The quantitative estimate of drug-likeness (QED) is 0.857. The second kappa shape index (κ2) is 6.00. The van der Waals surface area contributed by atoms with Crippen molar-refractivity contribution in [2.45, 2.75) is 45.3 Å². The van der Waals surface area contributed by atoms with E-state index in [1.54, 1.807) is 20.2 Å². The van der Waals surface area contributed by atoms with Crippen LogP contribution < -0.4 is 4.90 Å². The molecule has 3 heterocycles. The molecule has 3 rings (SSSR count). The van der Waals surface area contributed by atoms with Crippen LogP contribution in [0.4, 0.5) is 5.82 Å². The van der Waals surface area contributed by atoms with Gasteiger partial charge in [-0.05, 0) is 6.07 Å². The summed E-state index contributed by atoms with van der Waals surface area (Å²) in [5.41, 5.74) is 0. The van der Waals surface area contributed by atoms with Crippen LogP contribution in [-0.2, 0) is 4.74 Å². The van der Waals surface area contributed by atoms with Gasteiger partial charge in [0.2, 0.25) is 11.8 Å². The molecule has 0 radical (unpaired) electrons. The van der Waals surface area contributed by atoms with Gasteiger partial charge >= 0.3 is 0 Å². The summed E-state index contributed by atoms with van der Waals surface area (Å²) in [5, 5.41) is 8.11. The standard InChI is InChI=1S/C15H21N5O2/c1-9(2)14-16-6-5-13(17-14)20-8-11(21-4)7-12(20)15-19-18-10(3)22-15/h5-6,9,11-12H,7-8H2,1-4H3/t11-,12+/m0/s1. The molecule has 1 fully saturated rings. The molecule has 1 aliphatic heterocycles. The highest BCUT2D eigenvalue weighted by Crippen LogP contribution is 2.35. The smallest absolute Gasteiger partial charge is 0.238 e. The maximum absolute atomic E-state index is 5.63. The summed E-state index contributed by atoms with van der Waals surface area (Å²) < 4.78 is 11.2. The normalized spacial score (nSPS) is 21.8. The second-order valence-electron chi connectivity index (χ2n) is 5.85. The zero-order valence-electron chi connectivity index (χ0n) is 13.4. The number of methoxy groups -OCH3 is 1. The molecule has 0 aromatic carbocycles. The third-order valence-electron chi connectivity index (χ3n) is 3.89. The number of anilines is 1. The van der Waals surface area contributed by atoms with Crippen LogP contribution >= 0.6 is 0 Å². The highest BCUT2D eigenvalue weighted by molar-refractivity contribution is 5.42. The van der Waals surface area contributed by atoms with Gasteiger partial charge in [-0.1, -0.05) is 13.8 Å². The van der Waals surface area contributed by atoms with Gasteiger partial charge in [-0.25, -0.2) is 9.97 Å². The van der Waals surface area contributed by atoms with Gasteiger partial charge in [0.05, 0.1) is 6.10 Å². The van der Waals surface area contributed by atoms with E-state index < -0.39 is 0 Å². The van der Waals surface area contributed by atoms with Crippen molar-refractivity contribution < 1.29 is 9.15 Å². The highest BCUT2D eigenvalue weighted by atomic mass is 16.5. The lowest BCUT2D eigenvalue weighted by atomic mass is 10.2. The summed E-state index contributed by atoms with van der Waals surface area (Å²) in [6.45, 7) is 6.71. The minimum atomic E-state index is -0.0129. The van der Waals surface area contributed by atoms with Gasteiger partial charge < -0.3 is 14.1 Å². The largest absolute Gasteiger partial charge is 0.423 e. The van der Waals surface area contributed by atoms with Crippen molar-refractivity contribution in [3.8, 4) is 0 Å². The van der Waals surface area contributed by atoms with Gasteiger partial charge in [-0.15, -0.1) is 10.2 Å². The van der Waals surface area contributed by atoms with Crippen molar-refractivity contribution in [3.63, 3.8) is 0 Å². The Hall–Kier alpha value is -2.02. The first-order valence-corrected chi connectivity index (χ1v) is 7.51. The lowest BCUT2D eigenvalue weighted by Crippen LogP contribution is -2.26. The van der Waals surface area contributed by atoms with Crippen molar-refractivity contribution in [2.24, 2.45) is 0 Å². The lowest BCUT2D eigenvalue weighted by molar-refractivity contribution is 0.117. The van der Waals surface area contributed by atoms with Gasteiger partial charge in [0, 0.05) is 39.1 Å². The number of aryl methyl sites for hydroxylation is 1. The van der Waals surface area contributed by atoms with Crippen LogP contribution in [0.25, 0.3) is 0 Å². The van der Waals surface area contributed by atoms with Gasteiger partial charge in [0.1, 0.15) is 17.7 Å². The molecule has 2 aromatic heterocycles. The molecule has 0 spiro atoms. The van der Waals surface area contributed by atoms with E-state index in [2.05, 4.69) is 38.9 Å². The molecule has 7 nitrogen and oxygen atoms in total. The number of ether oxygens (including phenoxy) is 1. The molecule has 0 aliphatic carbocycles. The van der Waals surface area contributed by atoms with E-state index in [4.69, 9.17) is 9.15 Å². The molecule has 0 unspecified atom stereocenters. The summed E-state index contributed by atoms with van der Waals surface area (Å²) in [6.07, 6.45) is 2.72. The van der Waals surface area contributed by atoms with Crippen LogP contribution in [0.5, 0.6) is 0 Å². The average molecular weight is 303 g/mol. The first-order chi connectivity index (χ1) is 10.6. The van der Waals surface area contributed by atoms with Gasteiger partial charge in [-0.3, -0.25) is 0 Å². The highest BCUT2D eigenvalue weighted by Gasteiger charge is 2.37. The minimum Gasteiger partial charge on any atom is -0.423 e. The fourth-order valence-corrected chi connectivity index (χ4v) is 2.70. The lowest BCUT2D eigenvalue weighted by Gasteiger charge is -2.23. The Morgan fingerprint density at radius 2 is 2.18 bits per heavy atom. The first kappa shape index (κ1) is 14.9. The maximum Gasteiger partial charge on any atom is 0.238 e. The molecule has 0 N–H and O–H groups in total. The van der Waals surface area contributed by atoms with Crippen LogP contribution in [0.15, 0.2) is 16.7 Å². The predicted molar refractivity (Wildman–Crippen MR) is 80.7 cm³/mol. The fourth-order valence-electron chi connectivity index (χ4n) is 2.70. The van der Waals surface area contributed by atoms with E-state index in [1.807, 2.05) is 6.07 Å². The molecule has 7 heteroatoms. The Morgan fingerprint density at radius 3 is 2.82 bits per heavy atom. The van der Waals surface area contributed by atoms with Gasteiger partial charge in [0.25, 0.3) is 0 Å². The molecule has 0 bridgehead atoms. The topological polar surface area (TPSA) is 77.2 Å². The average Bonchev–Trinajstić information content (AvgIpc) is 3.13. The molecular weight excluding hydrogens is 282 g/mol. The first-order valence-electron chi connectivity index (χ1n) is 7.51. The molecule has 1 saturated heterocycles. The molecule has 22 heavy (non-hydrogen) atoms. The van der Waals surface area contributed by atoms with E-state index in [-0.39, 0.29) is 18.1 Å². The molecule has 2 aromatic rings. The third-order valence-corrected chi connectivity index (χ3v) is 3.89. The summed E-state index contributed by atoms with van der Waals surface area (Å²) in [6, 6.07) is 1.90. The van der Waals surface area contributed by atoms with E-state index in [1.165, 1.54) is 0 Å². The third kappa shape index (κ3) is 2.81. The number of rotatable bonds is 4. The maximum atomic E-state index is 5.63. The molecule has 0 saturated carbocycles.